The van der Waals surface area contributed by atoms with Gasteiger partial charge in [-0.3, -0.25) is 15.8 Å². The molecule has 0 amide bonds. The second kappa shape index (κ2) is 9.03. The fraction of sp³-hybridized carbons (Fsp3) is 0.478. The molecule has 0 bridgehead atoms. The Morgan fingerprint density at radius 2 is 1.69 bits per heavy atom. The highest BCUT2D eigenvalue weighted by atomic mass is 16.5. The van der Waals surface area contributed by atoms with E-state index in [4.69, 9.17) is 9.47 Å². The van der Waals surface area contributed by atoms with Crippen molar-refractivity contribution in [3.8, 4) is 17.2 Å². The summed E-state index contributed by atoms with van der Waals surface area (Å²) in [4.78, 5) is 2.47. The van der Waals surface area contributed by atoms with E-state index in [0.717, 1.165) is 31.7 Å². The minimum absolute atomic E-state index is 0.0595. The summed E-state index contributed by atoms with van der Waals surface area (Å²) in [6.07, 6.45) is 2.35. The van der Waals surface area contributed by atoms with Gasteiger partial charge in [0.2, 0.25) is 5.75 Å². The quantitative estimate of drug-likeness (QED) is 0.697. The van der Waals surface area contributed by atoms with Gasteiger partial charge in [-0.2, -0.15) is 0 Å². The summed E-state index contributed by atoms with van der Waals surface area (Å²) in [5.74, 6) is 2.17. The number of phenols is 1. The minimum Gasteiger partial charge on any atom is -0.502 e. The Hall–Kier alpha value is -2.28. The molecule has 0 spiro atoms. The number of phenolic OH excluding ortho intramolecular Hbond substituents is 1. The number of methoxy groups -OCH3 is 2. The Morgan fingerprint density at radius 1 is 1.03 bits per heavy atom. The summed E-state index contributed by atoms with van der Waals surface area (Å²) in [7, 11) is 3.13. The van der Waals surface area contributed by atoms with E-state index >= 15 is 0 Å². The summed E-state index contributed by atoms with van der Waals surface area (Å²) in [6.45, 7) is 3.95. The molecule has 2 aromatic rings. The van der Waals surface area contributed by atoms with Gasteiger partial charge in [0.25, 0.3) is 0 Å². The van der Waals surface area contributed by atoms with Crippen LogP contribution in [0.15, 0.2) is 42.5 Å². The topological polar surface area (TPSA) is 66.0 Å². The number of hydrogen-bond donors (Lipinski definition) is 3. The van der Waals surface area contributed by atoms with Gasteiger partial charge < -0.3 is 14.6 Å². The molecule has 29 heavy (non-hydrogen) atoms. The number of likely N-dealkylation sites (tertiary alicyclic amines) is 1. The lowest BCUT2D eigenvalue weighted by molar-refractivity contribution is 0.151. The largest absolute Gasteiger partial charge is 0.502 e. The molecule has 0 aromatic heterocycles. The number of piperidine rings is 1. The second-order valence-electron chi connectivity index (χ2n) is 8.03. The molecule has 4 rings (SSSR count). The van der Waals surface area contributed by atoms with Gasteiger partial charge in [0.05, 0.1) is 14.2 Å². The average molecular weight is 398 g/mol. The van der Waals surface area contributed by atoms with Crippen molar-refractivity contribution in [2.45, 2.75) is 31.3 Å². The predicted molar refractivity (Wildman–Crippen MR) is 113 cm³/mol. The van der Waals surface area contributed by atoms with Crippen molar-refractivity contribution < 1.29 is 14.6 Å². The van der Waals surface area contributed by atoms with E-state index in [-0.39, 0.29) is 5.75 Å². The van der Waals surface area contributed by atoms with Crippen LogP contribution in [-0.2, 0) is 6.54 Å². The van der Waals surface area contributed by atoms with Crippen LogP contribution < -0.4 is 20.3 Å². The fourth-order valence-electron chi connectivity index (χ4n) is 4.75. The number of nitrogens with zero attached hydrogens (tertiary/aromatic N) is 1. The molecule has 0 radical (unpaired) electrons. The van der Waals surface area contributed by atoms with Crippen molar-refractivity contribution in [2.24, 2.45) is 5.92 Å². The first kappa shape index (κ1) is 20.0. The number of rotatable bonds is 6. The van der Waals surface area contributed by atoms with Crippen LogP contribution in [0.3, 0.4) is 0 Å². The SMILES string of the molecule is COc1cc(CN2CCC(C3NNCC3c3ccccc3)CC2)cc(OC)c1O. The van der Waals surface area contributed by atoms with Gasteiger partial charge >= 0.3 is 0 Å². The zero-order chi connectivity index (χ0) is 20.2. The molecule has 0 aliphatic carbocycles. The fourth-order valence-corrected chi connectivity index (χ4v) is 4.75. The Morgan fingerprint density at radius 3 is 2.31 bits per heavy atom. The van der Waals surface area contributed by atoms with Crippen LogP contribution in [0.2, 0.25) is 0 Å². The number of nitrogens with one attached hydrogen (secondary N) is 2. The minimum atomic E-state index is 0.0595. The molecule has 156 valence electrons. The van der Waals surface area contributed by atoms with E-state index < -0.39 is 0 Å². The van der Waals surface area contributed by atoms with Crippen LogP contribution in [0, 0.1) is 5.92 Å². The highest BCUT2D eigenvalue weighted by Gasteiger charge is 2.36. The van der Waals surface area contributed by atoms with Crippen LogP contribution >= 0.6 is 0 Å². The first-order valence-corrected chi connectivity index (χ1v) is 10.4. The molecule has 2 aliphatic heterocycles. The van der Waals surface area contributed by atoms with Crippen molar-refractivity contribution in [2.75, 3.05) is 33.9 Å². The summed E-state index contributed by atoms with van der Waals surface area (Å²) in [5, 5.41) is 10.1. The predicted octanol–water partition coefficient (Wildman–Crippen LogP) is 2.88. The van der Waals surface area contributed by atoms with Gasteiger partial charge in [-0.25, -0.2) is 0 Å². The first-order valence-electron chi connectivity index (χ1n) is 10.4. The maximum atomic E-state index is 10.1. The number of ether oxygens (including phenoxy) is 2. The molecule has 2 atom stereocenters. The molecule has 6 heteroatoms. The van der Waals surface area contributed by atoms with E-state index in [0.29, 0.717) is 29.4 Å². The Bertz CT molecular complexity index is 781. The molecule has 2 aliphatic rings. The summed E-state index contributed by atoms with van der Waals surface area (Å²) in [5.41, 5.74) is 9.44. The molecule has 0 saturated carbocycles. The van der Waals surface area contributed by atoms with E-state index in [1.807, 2.05) is 12.1 Å². The summed E-state index contributed by atoms with van der Waals surface area (Å²) >= 11 is 0. The van der Waals surface area contributed by atoms with Gasteiger partial charge in [0, 0.05) is 25.0 Å². The van der Waals surface area contributed by atoms with Gasteiger partial charge in [0.1, 0.15) is 0 Å². The van der Waals surface area contributed by atoms with E-state index in [2.05, 4.69) is 46.1 Å². The van der Waals surface area contributed by atoms with Crippen molar-refractivity contribution >= 4 is 0 Å². The summed E-state index contributed by atoms with van der Waals surface area (Å²) < 4.78 is 10.6. The van der Waals surface area contributed by atoms with Crippen LogP contribution in [0.25, 0.3) is 0 Å². The third-order valence-corrected chi connectivity index (χ3v) is 6.34. The maximum Gasteiger partial charge on any atom is 0.200 e. The van der Waals surface area contributed by atoms with Gasteiger partial charge in [0.15, 0.2) is 11.5 Å². The standard InChI is InChI=1S/C23H31N3O3/c1-28-20-12-16(13-21(29-2)23(20)27)15-26-10-8-18(9-11-26)22-19(14-24-25-22)17-6-4-3-5-7-17/h3-7,12-13,18-19,22,24-25,27H,8-11,14-15H2,1-2H3. The van der Waals surface area contributed by atoms with Crippen LogP contribution in [0.1, 0.15) is 29.9 Å². The molecule has 6 nitrogen and oxygen atoms in total. The lowest BCUT2D eigenvalue weighted by atomic mass is 9.80. The van der Waals surface area contributed by atoms with Crippen molar-refractivity contribution in [1.29, 1.82) is 0 Å². The first-order chi connectivity index (χ1) is 14.2. The van der Waals surface area contributed by atoms with Gasteiger partial charge in [-0.1, -0.05) is 30.3 Å². The second-order valence-corrected chi connectivity index (χ2v) is 8.03. The van der Waals surface area contributed by atoms with Crippen molar-refractivity contribution in [3.63, 3.8) is 0 Å². The third kappa shape index (κ3) is 4.34. The molecular weight excluding hydrogens is 366 g/mol. The van der Waals surface area contributed by atoms with E-state index in [1.54, 1.807) is 14.2 Å². The van der Waals surface area contributed by atoms with Crippen molar-refractivity contribution in [3.05, 3.63) is 53.6 Å². The molecular formula is C23H31N3O3. The highest BCUT2D eigenvalue weighted by molar-refractivity contribution is 5.52. The summed E-state index contributed by atoms with van der Waals surface area (Å²) in [6, 6.07) is 15.1. The van der Waals surface area contributed by atoms with Crippen LogP contribution in [-0.4, -0.2) is 49.9 Å². The zero-order valence-corrected chi connectivity index (χ0v) is 17.2. The lowest BCUT2D eigenvalue weighted by Gasteiger charge is -2.36. The maximum absolute atomic E-state index is 10.1. The smallest absolute Gasteiger partial charge is 0.200 e. The molecule has 2 aromatic carbocycles. The Kier molecular flexibility index (Phi) is 6.23. The average Bonchev–Trinajstić information content (AvgIpc) is 3.26. The Balaban J connectivity index is 1.37. The van der Waals surface area contributed by atoms with Crippen molar-refractivity contribution in [1.82, 2.24) is 15.8 Å². The van der Waals surface area contributed by atoms with E-state index in [1.165, 1.54) is 18.4 Å². The highest BCUT2D eigenvalue weighted by Crippen LogP contribution is 2.38. The Labute approximate surface area is 172 Å². The van der Waals surface area contributed by atoms with Gasteiger partial charge in [-0.15, -0.1) is 0 Å². The number of aromatic hydroxyl groups is 1. The van der Waals surface area contributed by atoms with Crippen LogP contribution in [0.4, 0.5) is 0 Å². The molecule has 2 heterocycles. The van der Waals surface area contributed by atoms with E-state index in [9.17, 15) is 5.11 Å². The molecule has 2 fully saturated rings. The number of hydrogen-bond acceptors (Lipinski definition) is 6. The van der Waals surface area contributed by atoms with Gasteiger partial charge in [-0.05, 0) is 55.1 Å². The lowest BCUT2D eigenvalue weighted by Crippen LogP contribution is -2.44. The molecule has 3 N–H and O–H groups in total. The van der Waals surface area contributed by atoms with Crippen LogP contribution in [0.5, 0.6) is 17.2 Å². The molecule has 2 unspecified atom stereocenters. The number of benzene rings is 2. The normalized spacial score (nSPS) is 23.2. The third-order valence-electron chi connectivity index (χ3n) is 6.34. The number of hydrazine groups is 1. The molecule has 2 saturated heterocycles. The zero-order valence-electron chi connectivity index (χ0n) is 17.2. The monoisotopic (exact) mass is 397 g/mol.